The molecule has 0 saturated carbocycles. The first-order valence-corrected chi connectivity index (χ1v) is 7.01. The van der Waals surface area contributed by atoms with Crippen LogP contribution in [0.3, 0.4) is 0 Å². The molecule has 0 aliphatic heterocycles. The van der Waals surface area contributed by atoms with E-state index in [1.165, 1.54) is 12.8 Å². The molecule has 1 nitrogen and oxygen atoms in total. The molecule has 102 valence electrons. The molecule has 0 aromatic heterocycles. The highest BCUT2D eigenvalue weighted by Gasteiger charge is 2.16. The van der Waals surface area contributed by atoms with Crippen LogP contribution in [0.15, 0.2) is 18.2 Å². The van der Waals surface area contributed by atoms with Gasteiger partial charge < -0.3 is 5.32 Å². The number of nitrogens with one attached hydrogen (secondary N) is 1. The van der Waals surface area contributed by atoms with Crippen LogP contribution in [0.4, 0.5) is 4.39 Å². The largest absolute Gasteiger partial charge is 0.307 e. The third kappa shape index (κ3) is 3.81. The highest BCUT2D eigenvalue weighted by Crippen LogP contribution is 2.20. The van der Waals surface area contributed by atoms with Crippen molar-refractivity contribution in [2.45, 2.75) is 59.5 Å². The van der Waals surface area contributed by atoms with Gasteiger partial charge in [-0.3, -0.25) is 0 Å². The van der Waals surface area contributed by atoms with Crippen molar-refractivity contribution in [2.24, 2.45) is 5.92 Å². The number of hydrogen-bond donors (Lipinski definition) is 1. The van der Waals surface area contributed by atoms with Gasteiger partial charge in [-0.25, -0.2) is 4.39 Å². The monoisotopic (exact) mass is 251 g/mol. The Morgan fingerprint density at radius 3 is 2.28 bits per heavy atom. The average molecular weight is 251 g/mol. The first-order valence-electron chi connectivity index (χ1n) is 7.01. The SMILES string of the molecule is CCC(CC)C(C)NC(C)c1ccc(C)c(F)c1. The Morgan fingerprint density at radius 1 is 1.17 bits per heavy atom. The van der Waals surface area contributed by atoms with Gasteiger partial charge in [-0.15, -0.1) is 0 Å². The summed E-state index contributed by atoms with van der Waals surface area (Å²) in [5, 5.41) is 3.58. The van der Waals surface area contributed by atoms with Crippen molar-refractivity contribution in [3.63, 3.8) is 0 Å². The summed E-state index contributed by atoms with van der Waals surface area (Å²) in [6, 6.07) is 6.16. The van der Waals surface area contributed by atoms with E-state index in [0.29, 0.717) is 17.5 Å². The summed E-state index contributed by atoms with van der Waals surface area (Å²) in [6.45, 7) is 10.6. The molecule has 1 rings (SSSR count). The van der Waals surface area contributed by atoms with Gasteiger partial charge in [0.1, 0.15) is 5.82 Å². The maximum absolute atomic E-state index is 13.5. The van der Waals surface area contributed by atoms with Gasteiger partial charge in [-0.1, -0.05) is 38.8 Å². The van der Waals surface area contributed by atoms with E-state index in [9.17, 15) is 4.39 Å². The fraction of sp³-hybridized carbons (Fsp3) is 0.625. The summed E-state index contributed by atoms with van der Waals surface area (Å²) in [5.41, 5.74) is 1.73. The molecule has 1 aromatic carbocycles. The summed E-state index contributed by atoms with van der Waals surface area (Å²) in [7, 11) is 0. The topological polar surface area (TPSA) is 12.0 Å². The Kier molecular flexibility index (Phi) is 5.80. The Balaban J connectivity index is 2.69. The molecule has 0 saturated heterocycles. The molecule has 0 spiro atoms. The fourth-order valence-electron chi connectivity index (χ4n) is 2.50. The lowest BCUT2D eigenvalue weighted by Crippen LogP contribution is -2.35. The van der Waals surface area contributed by atoms with Crippen LogP contribution in [0.5, 0.6) is 0 Å². The van der Waals surface area contributed by atoms with Crippen molar-refractivity contribution in [3.8, 4) is 0 Å². The molecule has 18 heavy (non-hydrogen) atoms. The fourth-order valence-corrected chi connectivity index (χ4v) is 2.50. The van der Waals surface area contributed by atoms with Crippen molar-refractivity contribution in [1.29, 1.82) is 0 Å². The van der Waals surface area contributed by atoms with Crippen molar-refractivity contribution < 1.29 is 4.39 Å². The van der Waals surface area contributed by atoms with Crippen molar-refractivity contribution in [1.82, 2.24) is 5.32 Å². The maximum atomic E-state index is 13.5. The standard InChI is InChI=1S/C16H26FN/c1-6-14(7-2)12(4)18-13(5)15-9-8-11(3)16(17)10-15/h8-10,12-14,18H,6-7H2,1-5H3. The van der Waals surface area contributed by atoms with Crippen LogP contribution in [0, 0.1) is 18.7 Å². The van der Waals surface area contributed by atoms with E-state index in [1.807, 2.05) is 12.1 Å². The van der Waals surface area contributed by atoms with Crippen LogP contribution in [-0.4, -0.2) is 6.04 Å². The second-order valence-corrected chi connectivity index (χ2v) is 5.26. The van der Waals surface area contributed by atoms with E-state index in [1.54, 1.807) is 13.0 Å². The van der Waals surface area contributed by atoms with E-state index in [4.69, 9.17) is 0 Å². The summed E-state index contributed by atoms with van der Waals surface area (Å²) in [4.78, 5) is 0. The molecule has 0 aliphatic rings. The molecule has 0 radical (unpaired) electrons. The zero-order valence-corrected chi connectivity index (χ0v) is 12.3. The Labute approximate surface area is 111 Å². The first kappa shape index (κ1) is 15.2. The zero-order chi connectivity index (χ0) is 13.7. The van der Waals surface area contributed by atoms with E-state index in [0.717, 1.165) is 5.56 Å². The molecular weight excluding hydrogens is 225 g/mol. The lowest BCUT2D eigenvalue weighted by atomic mass is 9.94. The van der Waals surface area contributed by atoms with E-state index < -0.39 is 0 Å². The number of halogens is 1. The molecule has 2 heteroatoms. The summed E-state index contributed by atoms with van der Waals surface area (Å²) >= 11 is 0. The van der Waals surface area contributed by atoms with E-state index in [2.05, 4.69) is 33.0 Å². The zero-order valence-electron chi connectivity index (χ0n) is 12.3. The van der Waals surface area contributed by atoms with Crippen LogP contribution in [-0.2, 0) is 0 Å². The van der Waals surface area contributed by atoms with Gasteiger partial charge in [0.15, 0.2) is 0 Å². The number of hydrogen-bond acceptors (Lipinski definition) is 1. The summed E-state index contributed by atoms with van der Waals surface area (Å²) in [6.07, 6.45) is 2.36. The Morgan fingerprint density at radius 2 is 1.78 bits per heavy atom. The highest BCUT2D eigenvalue weighted by atomic mass is 19.1. The first-order chi connectivity index (χ1) is 8.49. The summed E-state index contributed by atoms with van der Waals surface area (Å²) in [5.74, 6) is 0.569. The minimum Gasteiger partial charge on any atom is -0.307 e. The third-order valence-corrected chi connectivity index (χ3v) is 3.96. The van der Waals surface area contributed by atoms with E-state index in [-0.39, 0.29) is 11.9 Å². The number of benzene rings is 1. The minimum absolute atomic E-state index is 0.115. The molecule has 0 heterocycles. The second kappa shape index (κ2) is 6.89. The van der Waals surface area contributed by atoms with Gasteiger partial charge in [-0.05, 0) is 43.9 Å². The van der Waals surface area contributed by atoms with Crippen molar-refractivity contribution >= 4 is 0 Å². The minimum atomic E-state index is -0.115. The van der Waals surface area contributed by atoms with Crippen LogP contribution in [0.25, 0.3) is 0 Å². The maximum Gasteiger partial charge on any atom is 0.126 e. The lowest BCUT2D eigenvalue weighted by Gasteiger charge is -2.26. The van der Waals surface area contributed by atoms with Crippen LogP contribution in [0.2, 0.25) is 0 Å². The average Bonchev–Trinajstić information content (AvgIpc) is 2.34. The molecule has 0 aliphatic carbocycles. The summed E-state index contributed by atoms with van der Waals surface area (Å²) < 4.78 is 13.5. The molecule has 0 amide bonds. The van der Waals surface area contributed by atoms with Crippen LogP contribution >= 0.6 is 0 Å². The molecule has 1 aromatic rings. The van der Waals surface area contributed by atoms with Crippen LogP contribution in [0.1, 0.15) is 57.7 Å². The molecule has 2 atom stereocenters. The molecular formula is C16H26FN. The normalized spacial score (nSPS) is 14.8. The highest BCUT2D eigenvalue weighted by molar-refractivity contribution is 5.25. The van der Waals surface area contributed by atoms with Gasteiger partial charge in [0.25, 0.3) is 0 Å². The molecule has 0 fully saturated rings. The van der Waals surface area contributed by atoms with E-state index >= 15 is 0 Å². The van der Waals surface area contributed by atoms with Crippen molar-refractivity contribution in [2.75, 3.05) is 0 Å². The smallest absolute Gasteiger partial charge is 0.126 e. The van der Waals surface area contributed by atoms with Gasteiger partial charge in [0, 0.05) is 12.1 Å². The Hall–Kier alpha value is -0.890. The second-order valence-electron chi connectivity index (χ2n) is 5.26. The molecule has 0 bridgehead atoms. The molecule has 2 unspecified atom stereocenters. The van der Waals surface area contributed by atoms with Gasteiger partial charge in [0.2, 0.25) is 0 Å². The Bertz CT molecular complexity index is 371. The third-order valence-electron chi connectivity index (χ3n) is 3.96. The van der Waals surface area contributed by atoms with Gasteiger partial charge >= 0.3 is 0 Å². The van der Waals surface area contributed by atoms with Gasteiger partial charge in [0.05, 0.1) is 0 Å². The van der Waals surface area contributed by atoms with Crippen molar-refractivity contribution in [3.05, 3.63) is 35.1 Å². The quantitative estimate of drug-likeness (QED) is 0.778. The van der Waals surface area contributed by atoms with Crippen LogP contribution < -0.4 is 5.32 Å². The lowest BCUT2D eigenvalue weighted by molar-refractivity contribution is 0.330. The predicted molar refractivity (Wildman–Crippen MR) is 76.2 cm³/mol. The number of aryl methyl sites for hydroxylation is 1. The van der Waals surface area contributed by atoms with Gasteiger partial charge in [-0.2, -0.15) is 0 Å². The molecule has 1 N–H and O–H groups in total. The predicted octanol–water partition coefficient (Wildman–Crippen LogP) is 4.61. The number of rotatable bonds is 6.